The minimum absolute atomic E-state index is 0.0430. The number of nitrogens with zero attached hydrogens (tertiary/aromatic N) is 1. The molecule has 0 radical (unpaired) electrons. The van der Waals surface area contributed by atoms with Crippen molar-refractivity contribution in [3.8, 4) is 0 Å². The monoisotopic (exact) mass is 201 g/mol. The SMILES string of the molecule is CCOC(=O)CN=C(OCC)C(C)C. The first kappa shape index (κ1) is 12.9. The fraction of sp³-hybridized carbons (Fsp3) is 0.800. The highest BCUT2D eigenvalue weighted by atomic mass is 16.5. The number of hydrogen-bond acceptors (Lipinski definition) is 4. The minimum atomic E-state index is -0.314. The smallest absolute Gasteiger partial charge is 0.327 e. The number of hydrogen-bond donors (Lipinski definition) is 0. The van der Waals surface area contributed by atoms with Crippen LogP contribution in [0.4, 0.5) is 0 Å². The normalized spacial score (nSPS) is 11.6. The van der Waals surface area contributed by atoms with E-state index < -0.39 is 0 Å². The molecule has 0 fully saturated rings. The second kappa shape index (κ2) is 7.35. The first-order valence-corrected chi connectivity index (χ1v) is 4.94. The van der Waals surface area contributed by atoms with Crippen LogP contribution in [0.15, 0.2) is 4.99 Å². The second-order valence-electron chi connectivity index (χ2n) is 3.05. The molecule has 4 nitrogen and oxygen atoms in total. The van der Waals surface area contributed by atoms with Gasteiger partial charge in [-0.15, -0.1) is 0 Å². The molecule has 0 N–H and O–H groups in total. The molecule has 0 rings (SSSR count). The molecule has 0 aliphatic rings. The van der Waals surface area contributed by atoms with E-state index in [0.29, 0.717) is 19.1 Å². The molecule has 82 valence electrons. The second-order valence-corrected chi connectivity index (χ2v) is 3.05. The van der Waals surface area contributed by atoms with Crippen molar-refractivity contribution in [2.45, 2.75) is 27.7 Å². The quantitative estimate of drug-likeness (QED) is 0.386. The van der Waals surface area contributed by atoms with Gasteiger partial charge in [0, 0.05) is 5.92 Å². The van der Waals surface area contributed by atoms with Crippen LogP contribution >= 0.6 is 0 Å². The van der Waals surface area contributed by atoms with Crippen LogP contribution in [0.25, 0.3) is 0 Å². The van der Waals surface area contributed by atoms with Gasteiger partial charge in [0.2, 0.25) is 0 Å². The predicted molar refractivity (Wildman–Crippen MR) is 55.4 cm³/mol. The zero-order valence-corrected chi connectivity index (χ0v) is 9.37. The third kappa shape index (κ3) is 5.56. The molecule has 0 bridgehead atoms. The van der Waals surface area contributed by atoms with Gasteiger partial charge in [-0.05, 0) is 13.8 Å². The number of carbonyl (C=O) groups excluding carboxylic acids is 1. The van der Waals surface area contributed by atoms with Gasteiger partial charge in [-0.25, -0.2) is 4.99 Å². The summed E-state index contributed by atoms with van der Waals surface area (Å²) >= 11 is 0. The van der Waals surface area contributed by atoms with Gasteiger partial charge in [0.15, 0.2) is 5.90 Å². The summed E-state index contributed by atoms with van der Waals surface area (Å²) in [4.78, 5) is 15.0. The van der Waals surface area contributed by atoms with Crippen LogP contribution in [0.3, 0.4) is 0 Å². The molecule has 0 aliphatic carbocycles. The molecule has 0 aromatic carbocycles. The van der Waals surface area contributed by atoms with Gasteiger partial charge in [0.1, 0.15) is 6.54 Å². The minimum Gasteiger partial charge on any atom is -0.481 e. The van der Waals surface area contributed by atoms with Gasteiger partial charge in [-0.2, -0.15) is 0 Å². The Labute approximate surface area is 85.3 Å². The van der Waals surface area contributed by atoms with Gasteiger partial charge in [-0.3, -0.25) is 4.79 Å². The lowest BCUT2D eigenvalue weighted by Crippen LogP contribution is -2.16. The Hall–Kier alpha value is -1.06. The number of esters is 1. The Morgan fingerprint density at radius 1 is 1.21 bits per heavy atom. The Kier molecular flexibility index (Phi) is 6.80. The number of carbonyl (C=O) groups is 1. The van der Waals surface area contributed by atoms with Gasteiger partial charge < -0.3 is 9.47 Å². The van der Waals surface area contributed by atoms with Crippen LogP contribution in [0.2, 0.25) is 0 Å². The van der Waals surface area contributed by atoms with Gasteiger partial charge in [-0.1, -0.05) is 13.8 Å². The lowest BCUT2D eigenvalue weighted by molar-refractivity contribution is -0.141. The first-order chi connectivity index (χ1) is 6.61. The molecular weight excluding hydrogens is 182 g/mol. The summed E-state index contributed by atoms with van der Waals surface area (Å²) in [6, 6.07) is 0. The third-order valence-corrected chi connectivity index (χ3v) is 1.46. The van der Waals surface area contributed by atoms with Gasteiger partial charge in [0.05, 0.1) is 13.2 Å². The summed E-state index contributed by atoms with van der Waals surface area (Å²) in [6.45, 7) is 8.61. The lowest BCUT2D eigenvalue weighted by atomic mass is 10.2. The summed E-state index contributed by atoms with van der Waals surface area (Å²) in [5.41, 5.74) is 0. The molecule has 0 amide bonds. The molecule has 0 saturated carbocycles. The molecule has 0 atom stereocenters. The average Bonchev–Trinajstić information content (AvgIpc) is 2.12. The topological polar surface area (TPSA) is 47.9 Å². The predicted octanol–water partition coefficient (Wildman–Crippen LogP) is 1.64. The van der Waals surface area contributed by atoms with Crippen molar-refractivity contribution >= 4 is 11.9 Å². The standard InChI is InChI=1S/C10H19NO3/c1-5-13-9(12)7-11-10(8(3)4)14-6-2/h8H,5-7H2,1-4H3. The van der Waals surface area contributed by atoms with E-state index in [1.807, 2.05) is 20.8 Å². The molecule has 0 saturated heterocycles. The Bertz CT molecular complexity index is 200. The Morgan fingerprint density at radius 3 is 2.21 bits per heavy atom. The molecule has 0 aliphatic heterocycles. The molecule has 4 heteroatoms. The Morgan fingerprint density at radius 2 is 1.79 bits per heavy atom. The van der Waals surface area contributed by atoms with E-state index in [0.717, 1.165) is 0 Å². The van der Waals surface area contributed by atoms with Crippen molar-refractivity contribution in [1.82, 2.24) is 0 Å². The Balaban J connectivity index is 4.08. The van der Waals surface area contributed by atoms with E-state index in [1.54, 1.807) is 6.92 Å². The first-order valence-electron chi connectivity index (χ1n) is 4.94. The van der Waals surface area contributed by atoms with E-state index in [9.17, 15) is 4.79 Å². The van der Waals surface area contributed by atoms with Crippen LogP contribution in [-0.4, -0.2) is 31.6 Å². The average molecular weight is 201 g/mol. The molecule has 0 aromatic rings. The van der Waals surface area contributed by atoms with Crippen LogP contribution in [0.5, 0.6) is 0 Å². The molecule has 0 aromatic heterocycles. The van der Waals surface area contributed by atoms with Crippen molar-refractivity contribution in [2.75, 3.05) is 19.8 Å². The summed E-state index contributed by atoms with van der Waals surface area (Å²) in [5.74, 6) is 0.496. The highest BCUT2D eigenvalue weighted by Crippen LogP contribution is 1.99. The van der Waals surface area contributed by atoms with E-state index in [2.05, 4.69) is 4.99 Å². The summed E-state index contributed by atoms with van der Waals surface area (Å²) in [7, 11) is 0. The highest BCUT2D eigenvalue weighted by Gasteiger charge is 2.07. The molecule has 0 unspecified atom stereocenters. The van der Waals surface area contributed by atoms with E-state index in [4.69, 9.17) is 9.47 Å². The summed E-state index contributed by atoms with van der Waals surface area (Å²) < 4.78 is 10.0. The summed E-state index contributed by atoms with van der Waals surface area (Å²) in [5, 5.41) is 0. The molecule has 14 heavy (non-hydrogen) atoms. The van der Waals surface area contributed by atoms with Crippen molar-refractivity contribution in [2.24, 2.45) is 10.9 Å². The van der Waals surface area contributed by atoms with E-state index in [1.165, 1.54) is 0 Å². The van der Waals surface area contributed by atoms with Crippen LogP contribution in [0, 0.1) is 5.92 Å². The van der Waals surface area contributed by atoms with Gasteiger partial charge in [0.25, 0.3) is 0 Å². The fourth-order valence-corrected chi connectivity index (χ4v) is 0.892. The maximum atomic E-state index is 11.0. The van der Waals surface area contributed by atoms with Crippen LogP contribution < -0.4 is 0 Å². The van der Waals surface area contributed by atoms with Crippen LogP contribution in [0.1, 0.15) is 27.7 Å². The molecular formula is C10H19NO3. The van der Waals surface area contributed by atoms with Crippen LogP contribution in [-0.2, 0) is 14.3 Å². The molecule has 0 heterocycles. The fourth-order valence-electron chi connectivity index (χ4n) is 0.892. The lowest BCUT2D eigenvalue weighted by Gasteiger charge is -2.10. The third-order valence-electron chi connectivity index (χ3n) is 1.46. The maximum absolute atomic E-state index is 11.0. The highest BCUT2D eigenvalue weighted by molar-refractivity contribution is 5.81. The van der Waals surface area contributed by atoms with Crippen molar-refractivity contribution < 1.29 is 14.3 Å². The van der Waals surface area contributed by atoms with Crippen molar-refractivity contribution in [3.63, 3.8) is 0 Å². The van der Waals surface area contributed by atoms with Crippen molar-refractivity contribution in [1.29, 1.82) is 0 Å². The van der Waals surface area contributed by atoms with E-state index in [-0.39, 0.29) is 18.4 Å². The maximum Gasteiger partial charge on any atom is 0.327 e. The van der Waals surface area contributed by atoms with Gasteiger partial charge >= 0.3 is 5.97 Å². The zero-order chi connectivity index (χ0) is 11.0. The zero-order valence-electron chi connectivity index (χ0n) is 9.37. The van der Waals surface area contributed by atoms with Crippen molar-refractivity contribution in [3.05, 3.63) is 0 Å². The number of aliphatic imine (C=N–C) groups is 1. The summed E-state index contributed by atoms with van der Waals surface area (Å²) in [6.07, 6.45) is 0. The largest absolute Gasteiger partial charge is 0.481 e. The number of ether oxygens (including phenoxy) is 2. The van der Waals surface area contributed by atoms with E-state index >= 15 is 0 Å². The number of rotatable bonds is 5. The molecule has 0 spiro atoms.